The molecule has 2 aliphatic heterocycles. The van der Waals surface area contributed by atoms with Crippen LogP contribution in [0, 0.1) is 17.6 Å². The van der Waals surface area contributed by atoms with Gasteiger partial charge in [0.15, 0.2) is 5.82 Å². The van der Waals surface area contributed by atoms with Gasteiger partial charge in [0.1, 0.15) is 23.3 Å². The molecule has 0 radical (unpaired) electrons. The lowest BCUT2D eigenvalue weighted by atomic mass is 9.77. The smallest absolute Gasteiger partial charge is 0.226 e. The zero-order valence-corrected chi connectivity index (χ0v) is 21.6. The van der Waals surface area contributed by atoms with Crippen molar-refractivity contribution in [1.29, 1.82) is 0 Å². The number of halogens is 2. The Hall–Kier alpha value is -3.43. The maximum atomic E-state index is 15.0. The lowest BCUT2D eigenvalue weighted by Gasteiger charge is -2.48. The molecule has 3 aromatic rings. The molecule has 38 heavy (non-hydrogen) atoms. The topological polar surface area (TPSA) is 67.8 Å². The van der Waals surface area contributed by atoms with Crippen LogP contribution in [0.15, 0.2) is 66.9 Å². The number of methoxy groups -OCH3 is 2. The monoisotopic (exact) mass is 522 g/mol. The van der Waals surface area contributed by atoms with Crippen LogP contribution in [0.3, 0.4) is 0 Å². The third kappa shape index (κ3) is 4.88. The van der Waals surface area contributed by atoms with Crippen LogP contribution in [0.25, 0.3) is 0 Å². The van der Waals surface area contributed by atoms with Gasteiger partial charge in [0, 0.05) is 64.4 Å². The quantitative estimate of drug-likeness (QED) is 0.485. The van der Waals surface area contributed by atoms with Gasteiger partial charge in [-0.25, -0.2) is 8.78 Å². The Morgan fingerprint density at radius 1 is 1.03 bits per heavy atom. The Morgan fingerprint density at radius 3 is 2.53 bits per heavy atom. The second-order valence-electron chi connectivity index (χ2n) is 9.91. The molecule has 1 aromatic heterocycles. The number of amides is 1. The van der Waals surface area contributed by atoms with Gasteiger partial charge in [-0.05, 0) is 35.7 Å². The molecule has 7 nitrogen and oxygen atoms in total. The molecule has 200 valence electrons. The van der Waals surface area contributed by atoms with E-state index < -0.39 is 29.1 Å². The summed E-state index contributed by atoms with van der Waals surface area (Å²) in [5.41, 5.74) is 0.657. The summed E-state index contributed by atoms with van der Waals surface area (Å²) in [4.78, 5) is 17.9. The van der Waals surface area contributed by atoms with Crippen molar-refractivity contribution in [3.05, 3.63) is 89.6 Å². The fourth-order valence-electron chi connectivity index (χ4n) is 6.04. The zero-order chi connectivity index (χ0) is 26.7. The molecule has 0 aliphatic carbocycles. The Labute approximate surface area is 221 Å². The lowest BCUT2D eigenvalue weighted by Crippen LogP contribution is -2.58. The van der Waals surface area contributed by atoms with Crippen molar-refractivity contribution in [3.63, 3.8) is 0 Å². The number of likely N-dealkylation sites (tertiary alicyclic amines) is 1. The molecule has 0 unspecified atom stereocenters. The second kappa shape index (κ2) is 11.1. The molecule has 2 saturated heterocycles. The normalized spacial score (nSPS) is 25.8. The van der Waals surface area contributed by atoms with Crippen molar-refractivity contribution >= 4 is 11.7 Å². The number of piperidine rings is 2. The molecule has 5 rings (SSSR count). The van der Waals surface area contributed by atoms with Crippen molar-refractivity contribution in [2.24, 2.45) is 5.92 Å². The van der Waals surface area contributed by atoms with Gasteiger partial charge in [0.25, 0.3) is 0 Å². The van der Waals surface area contributed by atoms with Crippen molar-refractivity contribution in [3.8, 4) is 0 Å². The van der Waals surface area contributed by atoms with Crippen LogP contribution in [-0.2, 0) is 19.9 Å². The average Bonchev–Trinajstić information content (AvgIpc) is 2.97. The Morgan fingerprint density at radius 2 is 1.84 bits per heavy atom. The molecule has 2 aromatic carbocycles. The summed E-state index contributed by atoms with van der Waals surface area (Å²) in [5.74, 6) is -1.65. The van der Waals surface area contributed by atoms with E-state index in [0.717, 1.165) is 11.6 Å². The van der Waals surface area contributed by atoms with Gasteiger partial charge in [-0.3, -0.25) is 4.79 Å². The van der Waals surface area contributed by atoms with Crippen molar-refractivity contribution in [1.82, 2.24) is 15.1 Å². The largest absolute Gasteiger partial charge is 0.376 e. The molecule has 4 atom stereocenters. The van der Waals surface area contributed by atoms with Crippen LogP contribution in [0.5, 0.6) is 0 Å². The first-order chi connectivity index (χ1) is 18.5. The summed E-state index contributed by atoms with van der Waals surface area (Å²) < 4.78 is 40.8. The number of rotatable bonds is 6. The molecule has 2 aliphatic rings. The number of carbonyl (C=O) groups is 1. The van der Waals surface area contributed by atoms with Gasteiger partial charge in [-0.2, -0.15) is 5.10 Å². The van der Waals surface area contributed by atoms with E-state index in [1.54, 1.807) is 26.5 Å². The van der Waals surface area contributed by atoms with E-state index in [1.807, 2.05) is 46.2 Å². The number of hydrogen-bond acceptors (Lipinski definition) is 6. The highest BCUT2D eigenvalue weighted by Gasteiger charge is 2.48. The van der Waals surface area contributed by atoms with E-state index >= 15 is 4.39 Å². The summed E-state index contributed by atoms with van der Waals surface area (Å²) in [6.07, 6.45) is 2.27. The molecule has 0 N–H and O–H groups in total. The minimum Gasteiger partial charge on any atom is -0.376 e. The highest BCUT2D eigenvalue weighted by Crippen LogP contribution is 2.41. The molecule has 1 amide bonds. The maximum absolute atomic E-state index is 15.0. The van der Waals surface area contributed by atoms with E-state index in [4.69, 9.17) is 9.47 Å². The fourth-order valence-corrected chi connectivity index (χ4v) is 6.04. The standard InChI is InChI=1S/C29H32F2N4O3/c1-37-26-19-35(16-13-29(26,38-2)20-7-4-3-5-8-20)28(36)23-12-15-34(27-9-6-14-32-33-27)18-24(23)22-11-10-21(30)17-25(22)31/h3-11,14,17,23-24,26H,12-13,15-16,18-19H2,1-2H3/t23-,24+,26+,29+/m1/s1. The molecule has 0 saturated carbocycles. The first-order valence-corrected chi connectivity index (χ1v) is 12.9. The molecule has 3 heterocycles. The van der Waals surface area contributed by atoms with E-state index in [0.29, 0.717) is 50.4 Å². The van der Waals surface area contributed by atoms with Crippen LogP contribution in [-0.4, -0.2) is 67.5 Å². The van der Waals surface area contributed by atoms with E-state index in [2.05, 4.69) is 10.2 Å². The number of aromatic nitrogens is 2. The first-order valence-electron chi connectivity index (χ1n) is 12.9. The van der Waals surface area contributed by atoms with Crippen molar-refractivity contribution in [2.75, 3.05) is 45.3 Å². The molecule has 0 bridgehead atoms. The minimum atomic E-state index is -0.676. The molecular weight excluding hydrogens is 490 g/mol. The third-order valence-electron chi connectivity index (χ3n) is 8.06. The van der Waals surface area contributed by atoms with Crippen LogP contribution in [0.1, 0.15) is 29.9 Å². The van der Waals surface area contributed by atoms with E-state index in [9.17, 15) is 9.18 Å². The Kier molecular flexibility index (Phi) is 7.67. The molecule has 2 fully saturated rings. The predicted octanol–water partition coefficient (Wildman–Crippen LogP) is 4.15. The summed E-state index contributed by atoms with van der Waals surface area (Å²) in [7, 11) is 3.30. The number of carbonyl (C=O) groups excluding carboxylic acids is 1. The van der Waals surface area contributed by atoms with Gasteiger partial charge in [-0.15, -0.1) is 5.10 Å². The molecular formula is C29H32F2N4O3. The number of nitrogens with zero attached hydrogens (tertiary/aromatic N) is 4. The predicted molar refractivity (Wildman–Crippen MR) is 139 cm³/mol. The van der Waals surface area contributed by atoms with Gasteiger partial charge >= 0.3 is 0 Å². The maximum Gasteiger partial charge on any atom is 0.226 e. The van der Waals surface area contributed by atoms with Crippen molar-refractivity contribution < 1.29 is 23.0 Å². The number of ether oxygens (including phenoxy) is 2. The molecule has 0 spiro atoms. The van der Waals surface area contributed by atoms with Crippen LogP contribution >= 0.6 is 0 Å². The zero-order valence-electron chi connectivity index (χ0n) is 21.6. The Balaban J connectivity index is 1.42. The highest BCUT2D eigenvalue weighted by atomic mass is 19.1. The summed E-state index contributed by atoms with van der Waals surface area (Å²) in [6.45, 7) is 1.76. The van der Waals surface area contributed by atoms with Crippen LogP contribution < -0.4 is 4.90 Å². The summed E-state index contributed by atoms with van der Waals surface area (Å²) in [6, 6.07) is 17.1. The van der Waals surface area contributed by atoms with E-state index in [1.165, 1.54) is 12.1 Å². The van der Waals surface area contributed by atoms with Crippen molar-refractivity contribution in [2.45, 2.75) is 30.5 Å². The number of anilines is 1. The number of hydrogen-bond donors (Lipinski definition) is 0. The van der Waals surface area contributed by atoms with Gasteiger partial charge in [0.2, 0.25) is 5.91 Å². The fraction of sp³-hybridized carbons (Fsp3) is 0.414. The molecule has 9 heteroatoms. The van der Waals surface area contributed by atoms with Gasteiger partial charge in [-0.1, -0.05) is 36.4 Å². The third-order valence-corrected chi connectivity index (χ3v) is 8.06. The van der Waals surface area contributed by atoms with E-state index in [-0.39, 0.29) is 12.0 Å². The van der Waals surface area contributed by atoms with Crippen LogP contribution in [0.4, 0.5) is 14.6 Å². The average molecular weight is 523 g/mol. The summed E-state index contributed by atoms with van der Waals surface area (Å²) in [5, 5.41) is 8.16. The Bertz CT molecular complexity index is 1250. The van der Waals surface area contributed by atoms with Crippen LogP contribution in [0.2, 0.25) is 0 Å². The lowest BCUT2D eigenvalue weighted by molar-refractivity contribution is -0.171. The highest BCUT2D eigenvalue weighted by molar-refractivity contribution is 5.80. The first kappa shape index (κ1) is 26.2. The van der Waals surface area contributed by atoms with Gasteiger partial charge < -0.3 is 19.3 Å². The second-order valence-corrected chi connectivity index (χ2v) is 9.91. The minimum absolute atomic E-state index is 0.0580. The number of benzene rings is 2. The summed E-state index contributed by atoms with van der Waals surface area (Å²) >= 11 is 0. The van der Waals surface area contributed by atoms with Gasteiger partial charge in [0.05, 0.1) is 6.54 Å². The SMILES string of the molecule is CO[C@H]1CN(C(=O)[C@@H]2CCN(c3cccnn3)C[C@H]2c2ccc(F)cc2F)CC[C@]1(OC)c1ccccc1.